The van der Waals surface area contributed by atoms with Crippen LogP contribution in [-0.2, 0) is 9.59 Å². The number of unbranched alkanes of at least 4 members (excludes halogenated alkanes) is 5. The lowest BCUT2D eigenvalue weighted by Gasteiger charge is -2.53. The Morgan fingerprint density at radius 1 is 0.900 bits per heavy atom. The smallest absolute Gasteiger partial charge is 0.328 e. The highest BCUT2D eigenvalue weighted by molar-refractivity contribution is 6.23. The molecule has 4 amide bonds. The molecule has 0 atom stereocenters. The number of imide groups is 2. The van der Waals surface area contributed by atoms with Crippen molar-refractivity contribution in [1.82, 2.24) is 20.4 Å². The number of amides is 4. The van der Waals surface area contributed by atoms with E-state index in [4.69, 9.17) is 5.73 Å². The lowest BCUT2D eigenvalue weighted by atomic mass is 9.82. The summed E-state index contributed by atoms with van der Waals surface area (Å²) in [4.78, 5) is 38.7. The van der Waals surface area contributed by atoms with E-state index in [9.17, 15) is 14.4 Å². The van der Waals surface area contributed by atoms with Crippen LogP contribution in [0, 0.1) is 0 Å². The number of hydrogen-bond acceptors (Lipinski definition) is 5. The predicted molar refractivity (Wildman–Crippen MR) is 118 cm³/mol. The molecule has 0 unspecified atom stereocenters. The average molecular weight is 417 g/mol. The molecule has 0 aromatic heterocycles. The van der Waals surface area contributed by atoms with Gasteiger partial charge in [0.25, 0.3) is 17.4 Å². The van der Waals surface area contributed by atoms with E-state index in [-0.39, 0.29) is 4.48 Å². The number of piperazine rings is 1. The summed E-state index contributed by atoms with van der Waals surface area (Å²) in [6.45, 7) is 4.69. The molecule has 0 bridgehead atoms. The Hall–Kier alpha value is -2.45. The van der Waals surface area contributed by atoms with Crippen LogP contribution in [0.15, 0.2) is 24.3 Å². The van der Waals surface area contributed by atoms with Crippen LogP contribution in [0.4, 0.5) is 16.2 Å². The number of rotatable bonds is 9. The summed E-state index contributed by atoms with van der Waals surface area (Å²) in [5, 5.41) is 8.12. The van der Waals surface area contributed by atoms with Crippen LogP contribution >= 0.6 is 0 Å². The SMILES string of the molecule is CCCCCCCCC1([N+]2(c3ccc(N)cc3)CCNCC2)C(=O)NC(=O)NC1=O. The summed E-state index contributed by atoms with van der Waals surface area (Å²) in [5.74, 6) is -0.993. The fourth-order valence-corrected chi connectivity index (χ4v) is 4.94. The molecule has 1 aromatic rings. The number of nitrogens with one attached hydrogen (secondary N) is 3. The van der Waals surface area contributed by atoms with Crippen molar-refractivity contribution in [3.8, 4) is 0 Å². The summed E-state index contributed by atoms with van der Waals surface area (Å²) >= 11 is 0. The van der Waals surface area contributed by atoms with Crippen molar-refractivity contribution < 1.29 is 14.4 Å². The van der Waals surface area contributed by atoms with Gasteiger partial charge >= 0.3 is 6.03 Å². The van der Waals surface area contributed by atoms with Crippen molar-refractivity contribution in [2.24, 2.45) is 0 Å². The van der Waals surface area contributed by atoms with E-state index in [1.807, 2.05) is 12.1 Å². The number of urea groups is 1. The van der Waals surface area contributed by atoms with Crippen LogP contribution in [0.1, 0.15) is 51.9 Å². The Labute approximate surface area is 178 Å². The molecule has 2 saturated heterocycles. The first-order valence-electron chi connectivity index (χ1n) is 11.1. The van der Waals surface area contributed by atoms with Gasteiger partial charge in [0.1, 0.15) is 5.69 Å². The third-order valence-electron chi connectivity index (χ3n) is 6.56. The number of carbonyl (C=O) groups excluding carboxylic acids is 3. The first-order valence-corrected chi connectivity index (χ1v) is 11.1. The van der Waals surface area contributed by atoms with Crippen LogP contribution in [0.5, 0.6) is 0 Å². The second-order valence-electron chi connectivity index (χ2n) is 8.37. The number of benzene rings is 1. The lowest BCUT2D eigenvalue weighted by molar-refractivity contribution is -0.148. The van der Waals surface area contributed by atoms with Gasteiger partial charge in [0.15, 0.2) is 0 Å². The van der Waals surface area contributed by atoms with Gasteiger partial charge in [0, 0.05) is 37.3 Å². The number of quaternary nitrogens is 1. The van der Waals surface area contributed by atoms with Crippen molar-refractivity contribution in [3.05, 3.63) is 24.3 Å². The van der Waals surface area contributed by atoms with Crippen LogP contribution < -0.4 is 26.2 Å². The highest BCUT2D eigenvalue weighted by atomic mass is 16.2. The van der Waals surface area contributed by atoms with Crippen molar-refractivity contribution in [3.63, 3.8) is 0 Å². The Morgan fingerprint density at radius 2 is 1.47 bits per heavy atom. The molecule has 2 aliphatic heterocycles. The molecule has 1 aromatic carbocycles. The molecule has 0 spiro atoms. The Kier molecular flexibility index (Phi) is 7.10. The molecular weight excluding hydrogens is 382 g/mol. The van der Waals surface area contributed by atoms with Crippen LogP contribution in [-0.4, -0.2) is 49.6 Å². The summed E-state index contributed by atoms with van der Waals surface area (Å²) in [5.41, 5.74) is 6.02. The number of nitrogens with zero attached hydrogens (tertiary/aromatic N) is 1. The molecule has 2 fully saturated rings. The van der Waals surface area contributed by atoms with Gasteiger partial charge in [-0.25, -0.2) is 4.79 Å². The molecule has 8 nitrogen and oxygen atoms in total. The van der Waals surface area contributed by atoms with Crippen molar-refractivity contribution in [2.75, 3.05) is 31.9 Å². The first-order chi connectivity index (χ1) is 14.5. The van der Waals surface area contributed by atoms with E-state index in [2.05, 4.69) is 22.9 Å². The first kappa shape index (κ1) is 22.2. The summed E-state index contributed by atoms with van der Waals surface area (Å²) < 4.78 is 0.195. The molecule has 0 saturated carbocycles. The number of barbiturate groups is 1. The van der Waals surface area contributed by atoms with Crippen molar-refractivity contribution in [1.29, 1.82) is 0 Å². The largest absolute Gasteiger partial charge is 0.399 e. The minimum Gasteiger partial charge on any atom is -0.399 e. The van der Waals surface area contributed by atoms with Gasteiger partial charge in [-0.15, -0.1) is 0 Å². The molecule has 3 rings (SSSR count). The van der Waals surface area contributed by atoms with Gasteiger partial charge in [0.2, 0.25) is 0 Å². The molecule has 0 aliphatic carbocycles. The fourth-order valence-electron chi connectivity index (χ4n) is 4.94. The third-order valence-corrected chi connectivity index (χ3v) is 6.56. The predicted octanol–water partition coefficient (Wildman–Crippen LogP) is 2.03. The van der Waals surface area contributed by atoms with E-state index in [1.165, 1.54) is 12.8 Å². The highest BCUT2D eigenvalue weighted by Crippen LogP contribution is 2.39. The maximum absolute atomic E-state index is 13.4. The Morgan fingerprint density at radius 3 is 2.07 bits per heavy atom. The number of hydrogen-bond donors (Lipinski definition) is 4. The number of anilines is 1. The van der Waals surface area contributed by atoms with E-state index in [0.29, 0.717) is 38.3 Å². The van der Waals surface area contributed by atoms with Crippen molar-refractivity contribution >= 4 is 29.2 Å². The molecule has 5 N–H and O–H groups in total. The van der Waals surface area contributed by atoms with Gasteiger partial charge in [-0.3, -0.25) is 24.7 Å². The summed E-state index contributed by atoms with van der Waals surface area (Å²) in [7, 11) is 0. The van der Waals surface area contributed by atoms with E-state index >= 15 is 0 Å². The van der Waals surface area contributed by atoms with Gasteiger partial charge in [-0.1, -0.05) is 39.0 Å². The maximum Gasteiger partial charge on any atom is 0.328 e. The Bertz CT molecular complexity index is 751. The van der Waals surface area contributed by atoms with Crippen molar-refractivity contribution in [2.45, 2.75) is 57.4 Å². The minimum absolute atomic E-state index is 0.195. The fraction of sp³-hybridized carbons (Fsp3) is 0.591. The zero-order valence-corrected chi connectivity index (χ0v) is 17.8. The molecule has 164 valence electrons. The van der Waals surface area contributed by atoms with E-state index in [0.717, 1.165) is 31.4 Å². The molecule has 8 heteroatoms. The zero-order chi connectivity index (χ0) is 21.6. The number of nitrogens with two attached hydrogens (primary N) is 1. The van der Waals surface area contributed by atoms with Crippen LogP contribution in [0.3, 0.4) is 0 Å². The molecule has 30 heavy (non-hydrogen) atoms. The lowest BCUT2D eigenvalue weighted by Crippen LogP contribution is -2.83. The zero-order valence-electron chi connectivity index (χ0n) is 17.8. The summed E-state index contributed by atoms with van der Waals surface area (Å²) in [6.07, 6.45) is 6.70. The molecule has 0 radical (unpaired) electrons. The minimum atomic E-state index is -1.38. The van der Waals surface area contributed by atoms with Gasteiger partial charge < -0.3 is 11.1 Å². The third kappa shape index (κ3) is 4.06. The normalized spacial score (nSPS) is 20.5. The van der Waals surface area contributed by atoms with E-state index < -0.39 is 23.4 Å². The second-order valence-corrected chi connectivity index (χ2v) is 8.37. The molecule has 2 heterocycles. The Balaban J connectivity index is 1.99. The van der Waals surface area contributed by atoms with Crippen LogP contribution in [0.25, 0.3) is 0 Å². The number of carbonyl (C=O) groups is 3. The second kappa shape index (κ2) is 9.57. The van der Waals surface area contributed by atoms with Gasteiger partial charge in [-0.2, -0.15) is 0 Å². The van der Waals surface area contributed by atoms with Crippen LogP contribution in [0.2, 0.25) is 0 Å². The monoisotopic (exact) mass is 416 g/mol. The summed E-state index contributed by atoms with van der Waals surface area (Å²) in [6, 6.07) is 6.68. The topological polar surface area (TPSA) is 113 Å². The highest BCUT2D eigenvalue weighted by Gasteiger charge is 2.65. The van der Waals surface area contributed by atoms with Gasteiger partial charge in [0.05, 0.1) is 13.1 Å². The average Bonchev–Trinajstić information content (AvgIpc) is 2.73. The van der Waals surface area contributed by atoms with E-state index in [1.54, 1.807) is 12.1 Å². The maximum atomic E-state index is 13.4. The number of nitrogen functional groups attached to an aromatic ring is 1. The quantitative estimate of drug-likeness (QED) is 0.213. The standard InChI is InChI=1S/C22H33N5O3/c1-2-3-4-5-6-7-12-22(19(28)25-21(30)26-20(22)29)27(15-13-24-14-16-27)18-10-8-17(23)9-11-18/h8-11,24H,2-7,12-16,23H2,1H3,(H-,25,26,28,29,30)/p+1. The van der Waals surface area contributed by atoms with Gasteiger partial charge in [-0.05, 0) is 18.6 Å². The molecular formula is C22H34N5O3+. The molecule has 2 aliphatic rings.